The number of amides is 1. The van der Waals surface area contributed by atoms with Gasteiger partial charge in [-0.3, -0.25) is 4.79 Å². The van der Waals surface area contributed by atoms with E-state index in [2.05, 4.69) is 19.2 Å². The van der Waals surface area contributed by atoms with Crippen LogP contribution in [0, 0.1) is 11.8 Å². The van der Waals surface area contributed by atoms with Gasteiger partial charge in [0.25, 0.3) is 0 Å². The van der Waals surface area contributed by atoms with E-state index in [4.69, 9.17) is 5.73 Å². The van der Waals surface area contributed by atoms with Crippen molar-refractivity contribution in [3.63, 3.8) is 0 Å². The number of carbonyl (C=O) groups is 1. The van der Waals surface area contributed by atoms with Gasteiger partial charge in [0.1, 0.15) is 0 Å². The van der Waals surface area contributed by atoms with Gasteiger partial charge in [-0.1, -0.05) is 13.8 Å². The third kappa shape index (κ3) is 7.63. The molecule has 0 bridgehead atoms. The van der Waals surface area contributed by atoms with E-state index < -0.39 is 5.60 Å². The Morgan fingerprint density at radius 1 is 1.53 bits per heavy atom. The molecule has 5 heteroatoms. The highest BCUT2D eigenvalue weighted by Crippen LogP contribution is 2.12. The summed E-state index contributed by atoms with van der Waals surface area (Å²) in [5, 5.41) is 12.7. The first-order chi connectivity index (χ1) is 7.82. The Morgan fingerprint density at radius 3 is 2.53 bits per heavy atom. The number of thioether (sulfide) groups is 1. The van der Waals surface area contributed by atoms with E-state index in [1.165, 1.54) is 0 Å². The molecule has 1 amide bonds. The fourth-order valence-electron chi connectivity index (χ4n) is 1.66. The predicted octanol–water partition coefficient (Wildman–Crippen LogP) is 0.838. The summed E-state index contributed by atoms with van der Waals surface area (Å²) in [7, 11) is 0. The minimum absolute atomic E-state index is 0.0532. The van der Waals surface area contributed by atoms with Gasteiger partial charge in [-0.05, 0) is 25.5 Å². The molecule has 0 saturated heterocycles. The molecule has 17 heavy (non-hydrogen) atoms. The topological polar surface area (TPSA) is 75.3 Å². The molecule has 2 atom stereocenters. The second kappa shape index (κ2) is 7.95. The Hall–Kier alpha value is -0.260. The van der Waals surface area contributed by atoms with E-state index in [0.717, 1.165) is 6.42 Å². The van der Waals surface area contributed by atoms with Gasteiger partial charge in [-0.25, -0.2) is 0 Å². The van der Waals surface area contributed by atoms with Gasteiger partial charge in [-0.15, -0.1) is 0 Å². The van der Waals surface area contributed by atoms with Gasteiger partial charge >= 0.3 is 0 Å². The van der Waals surface area contributed by atoms with Crippen LogP contribution >= 0.6 is 11.8 Å². The molecular weight excluding hydrogens is 236 g/mol. The predicted molar refractivity (Wildman–Crippen MR) is 74.0 cm³/mol. The van der Waals surface area contributed by atoms with E-state index >= 15 is 0 Å². The lowest BCUT2D eigenvalue weighted by atomic mass is 9.96. The van der Waals surface area contributed by atoms with Crippen molar-refractivity contribution in [1.29, 1.82) is 0 Å². The minimum atomic E-state index is -0.855. The summed E-state index contributed by atoms with van der Waals surface area (Å²) < 4.78 is 0. The highest BCUT2D eigenvalue weighted by atomic mass is 32.2. The molecular formula is C12H26N2O2S. The van der Waals surface area contributed by atoms with Gasteiger partial charge in [0, 0.05) is 18.8 Å². The number of nitrogens with two attached hydrogens (primary N) is 1. The molecule has 0 rings (SSSR count). The number of rotatable bonds is 8. The maximum atomic E-state index is 11.9. The van der Waals surface area contributed by atoms with Crippen molar-refractivity contribution in [2.24, 2.45) is 17.6 Å². The number of carbonyl (C=O) groups excluding carboxylic acids is 1. The molecule has 102 valence electrons. The molecule has 0 fully saturated rings. The number of hydrogen-bond donors (Lipinski definition) is 3. The summed E-state index contributed by atoms with van der Waals surface area (Å²) in [5.41, 5.74) is 4.74. The lowest BCUT2D eigenvalue weighted by molar-refractivity contribution is -0.126. The first-order valence-corrected chi connectivity index (χ1v) is 7.41. The highest BCUT2D eigenvalue weighted by molar-refractivity contribution is 7.98. The molecule has 0 aromatic heterocycles. The molecule has 2 unspecified atom stereocenters. The van der Waals surface area contributed by atoms with Crippen LogP contribution in [0.4, 0.5) is 0 Å². The van der Waals surface area contributed by atoms with Gasteiger partial charge in [0.15, 0.2) is 0 Å². The van der Waals surface area contributed by atoms with Crippen molar-refractivity contribution >= 4 is 17.7 Å². The fraction of sp³-hybridized carbons (Fsp3) is 0.917. The third-order valence-corrected chi connectivity index (χ3v) is 3.42. The van der Waals surface area contributed by atoms with Gasteiger partial charge in [0.05, 0.1) is 11.5 Å². The Balaban J connectivity index is 4.14. The van der Waals surface area contributed by atoms with Crippen LogP contribution in [0.15, 0.2) is 0 Å². The molecule has 0 aliphatic carbocycles. The van der Waals surface area contributed by atoms with Crippen LogP contribution in [0.25, 0.3) is 0 Å². The summed E-state index contributed by atoms with van der Waals surface area (Å²) in [5.74, 6) is 0.841. The molecule has 0 aliphatic heterocycles. The summed E-state index contributed by atoms with van der Waals surface area (Å²) in [6, 6.07) is 0. The van der Waals surface area contributed by atoms with E-state index in [-0.39, 0.29) is 18.4 Å². The van der Waals surface area contributed by atoms with Gasteiger partial charge < -0.3 is 16.2 Å². The van der Waals surface area contributed by atoms with Gasteiger partial charge in [-0.2, -0.15) is 11.8 Å². The highest BCUT2D eigenvalue weighted by Gasteiger charge is 2.23. The number of aliphatic hydroxyl groups is 1. The summed E-state index contributed by atoms with van der Waals surface area (Å²) in [6.45, 7) is 6.50. The van der Waals surface area contributed by atoms with Crippen molar-refractivity contribution < 1.29 is 9.90 Å². The quantitative estimate of drug-likeness (QED) is 0.606. The number of hydrogen-bond acceptors (Lipinski definition) is 4. The third-order valence-electron chi connectivity index (χ3n) is 2.51. The number of nitrogens with one attached hydrogen (secondary N) is 1. The molecule has 4 nitrogen and oxygen atoms in total. The maximum absolute atomic E-state index is 11.9. The molecule has 0 spiro atoms. The van der Waals surface area contributed by atoms with Crippen LogP contribution in [0.3, 0.4) is 0 Å². The van der Waals surface area contributed by atoms with Crippen LogP contribution in [-0.4, -0.2) is 41.7 Å². The SMILES string of the molecule is CSCC(C)(O)CNC(=O)C(CN)CC(C)C. The smallest absolute Gasteiger partial charge is 0.224 e. The molecule has 4 N–H and O–H groups in total. The molecule has 0 radical (unpaired) electrons. The Bertz CT molecular complexity index is 233. The zero-order chi connectivity index (χ0) is 13.5. The lowest BCUT2D eigenvalue weighted by Crippen LogP contribution is -2.45. The average molecular weight is 262 g/mol. The Labute approximate surface area is 109 Å². The molecule has 0 aliphatic rings. The molecule has 0 saturated carbocycles. The van der Waals surface area contributed by atoms with E-state index in [0.29, 0.717) is 18.2 Å². The van der Waals surface area contributed by atoms with Crippen LogP contribution < -0.4 is 11.1 Å². The van der Waals surface area contributed by atoms with E-state index in [9.17, 15) is 9.90 Å². The average Bonchev–Trinajstić information content (AvgIpc) is 2.22. The normalized spacial score (nSPS) is 16.6. The van der Waals surface area contributed by atoms with Crippen LogP contribution in [-0.2, 0) is 4.79 Å². The van der Waals surface area contributed by atoms with E-state index in [1.54, 1.807) is 18.7 Å². The zero-order valence-corrected chi connectivity index (χ0v) is 12.1. The maximum Gasteiger partial charge on any atom is 0.224 e. The molecule has 0 heterocycles. The molecule has 0 aromatic rings. The van der Waals surface area contributed by atoms with Crippen molar-refractivity contribution in [3.8, 4) is 0 Å². The van der Waals surface area contributed by atoms with Gasteiger partial charge in [0.2, 0.25) is 5.91 Å². The van der Waals surface area contributed by atoms with Crippen molar-refractivity contribution in [2.45, 2.75) is 32.8 Å². The van der Waals surface area contributed by atoms with Crippen LogP contribution in [0.1, 0.15) is 27.2 Å². The van der Waals surface area contributed by atoms with E-state index in [1.807, 2.05) is 6.26 Å². The largest absolute Gasteiger partial charge is 0.387 e. The first-order valence-electron chi connectivity index (χ1n) is 6.01. The molecule has 0 aromatic carbocycles. The lowest BCUT2D eigenvalue weighted by Gasteiger charge is -2.24. The van der Waals surface area contributed by atoms with Crippen LogP contribution in [0.2, 0.25) is 0 Å². The van der Waals surface area contributed by atoms with Crippen molar-refractivity contribution in [3.05, 3.63) is 0 Å². The monoisotopic (exact) mass is 262 g/mol. The Morgan fingerprint density at radius 2 is 2.12 bits per heavy atom. The van der Waals surface area contributed by atoms with Crippen molar-refractivity contribution in [1.82, 2.24) is 5.32 Å². The fourth-order valence-corrected chi connectivity index (χ4v) is 2.39. The summed E-state index contributed by atoms with van der Waals surface area (Å²) in [6.07, 6.45) is 2.71. The Kier molecular flexibility index (Phi) is 7.83. The standard InChI is InChI=1S/C12H26N2O2S/c1-9(2)5-10(6-13)11(15)14-7-12(3,16)8-17-4/h9-10,16H,5-8,13H2,1-4H3,(H,14,15). The first kappa shape index (κ1) is 16.7. The summed E-state index contributed by atoms with van der Waals surface area (Å²) in [4.78, 5) is 11.9. The van der Waals surface area contributed by atoms with Crippen LogP contribution in [0.5, 0.6) is 0 Å². The second-order valence-electron chi connectivity index (χ2n) is 5.21. The van der Waals surface area contributed by atoms with Crippen molar-refractivity contribution in [2.75, 3.05) is 25.1 Å². The zero-order valence-electron chi connectivity index (χ0n) is 11.3. The minimum Gasteiger partial charge on any atom is -0.387 e. The second-order valence-corrected chi connectivity index (χ2v) is 6.08. The summed E-state index contributed by atoms with van der Waals surface area (Å²) >= 11 is 1.56.